The molecule has 0 amide bonds. The molecule has 2 N–H and O–H groups in total. The van der Waals surface area contributed by atoms with E-state index in [0.29, 0.717) is 26.2 Å². The second-order valence-corrected chi connectivity index (χ2v) is 10.3. The molecular formula is C26H44O7. The Kier molecular flexibility index (Phi) is 8.33. The predicted molar refractivity (Wildman–Crippen MR) is 125 cm³/mol. The fourth-order valence-corrected chi connectivity index (χ4v) is 6.69. The van der Waals surface area contributed by atoms with Gasteiger partial charge in [0.15, 0.2) is 6.10 Å². The molecule has 1 heterocycles. The van der Waals surface area contributed by atoms with E-state index in [1.54, 1.807) is 6.92 Å². The number of fused-ring (bicyclic) bond motifs is 2. The summed E-state index contributed by atoms with van der Waals surface area (Å²) in [6.07, 6.45) is 1.26. The summed E-state index contributed by atoms with van der Waals surface area (Å²) in [6, 6.07) is 0. The lowest BCUT2D eigenvalue weighted by Crippen LogP contribution is -2.68. The summed E-state index contributed by atoms with van der Waals surface area (Å²) in [5.41, 5.74) is -1.09. The monoisotopic (exact) mass is 468 g/mol. The molecule has 0 aromatic carbocycles. The van der Waals surface area contributed by atoms with Crippen LogP contribution in [-0.2, 0) is 23.7 Å². The molecule has 0 bridgehead atoms. The van der Waals surface area contributed by atoms with Crippen molar-refractivity contribution in [3.8, 4) is 0 Å². The highest BCUT2D eigenvalue weighted by Gasteiger charge is 2.67. The number of aliphatic hydroxyl groups excluding tert-OH is 1. The number of carbonyl (C=O) groups is 1. The predicted octanol–water partition coefficient (Wildman–Crippen LogP) is 3.26. The molecule has 1 saturated carbocycles. The minimum Gasteiger partial charge on any atom is -0.455 e. The molecular weight excluding hydrogens is 424 g/mol. The number of hydrogen-bond donors (Lipinski definition) is 2. The summed E-state index contributed by atoms with van der Waals surface area (Å²) in [5.74, 6) is -1.73. The van der Waals surface area contributed by atoms with E-state index in [2.05, 4.69) is 6.92 Å². The smallest absolute Gasteiger partial charge is 0.312 e. The number of carbonyl (C=O) groups excluding carboxylic acids is 1. The second-order valence-electron chi connectivity index (χ2n) is 10.3. The van der Waals surface area contributed by atoms with Gasteiger partial charge in [0.2, 0.25) is 0 Å². The lowest BCUT2D eigenvalue weighted by molar-refractivity contribution is -0.257. The van der Waals surface area contributed by atoms with E-state index in [-0.39, 0.29) is 24.0 Å². The third-order valence-electron chi connectivity index (χ3n) is 8.58. The fourth-order valence-electron chi connectivity index (χ4n) is 6.69. The van der Waals surface area contributed by atoms with Gasteiger partial charge in [0, 0.05) is 37.6 Å². The lowest BCUT2D eigenvalue weighted by atomic mass is 9.52. The SMILES string of the molecule is CCO[C@H]1CC/C(C)=C\[C@@H]2OC(=O)[C@H](C)[C@@]2(O)[C@@H](OCC)[C@H]2[C@@H](C)[C@H](O)C[C@H](OCC)[C@@]21C. The number of esters is 1. The van der Waals surface area contributed by atoms with Gasteiger partial charge in [-0.2, -0.15) is 0 Å². The van der Waals surface area contributed by atoms with Gasteiger partial charge < -0.3 is 29.2 Å². The summed E-state index contributed by atoms with van der Waals surface area (Å²) >= 11 is 0. The van der Waals surface area contributed by atoms with Gasteiger partial charge in [-0.15, -0.1) is 0 Å². The normalized spacial score (nSPS) is 47.8. The van der Waals surface area contributed by atoms with Crippen molar-refractivity contribution >= 4 is 5.97 Å². The van der Waals surface area contributed by atoms with Crippen molar-refractivity contribution in [1.82, 2.24) is 0 Å². The van der Waals surface area contributed by atoms with Crippen molar-refractivity contribution in [3.05, 3.63) is 11.6 Å². The molecule has 33 heavy (non-hydrogen) atoms. The average Bonchev–Trinajstić information content (AvgIpc) is 2.98. The zero-order valence-corrected chi connectivity index (χ0v) is 21.4. The molecule has 2 aliphatic carbocycles. The standard InChI is InChI=1S/C26H44O7/c1-8-30-19-12-11-15(4)13-21-26(29,17(6)24(28)33-21)23(32-10-3)22-16(5)18(27)14-20(31-9-2)25(19,22)7/h13,16-23,27,29H,8-12,14H2,1-7H3/b15-13-/t16-,17-,18+,19-,20-,21-,22+,23-,25-,26-/m0/s1. The van der Waals surface area contributed by atoms with Crippen LogP contribution < -0.4 is 0 Å². The van der Waals surface area contributed by atoms with Gasteiger partial charge in [-0.1, -0.05) is 19.4 Å². The highest BCUT2D eigenvalue weighted by Crippen LogP contribution is 2.56. The van der Waals surface area contributed by atoms with Crippen LogP contribution in [0.3, 0.4) is 0 Å². The van der Waals surface area contributed by atoms with Crippen LogP contribution in [0.2, 0.25) is 0 Å². The molecule has 0 aromatic heterocycles. The molecule has 10 atom stereocenters. The van der Waals surface area contributed by atoms with Gasteiger partial charge in [-0.3, -0.25) is 4.79 Å². The second kappa shape index (κ2) is 10.3. The van der Waals surface area contributed by atoms with Gasteiger partial charge in [0.05, 0.1) is 30.3 Å². The lowest BCUT2D eigenvalue weighted by Gasteiger charge is -2.59. The fraction of sp³-hybridized carbons (Fsp3) is 0.885. The first-order valence-electron chi connectivity index (χ1n) is 12.7. The van der Waals surface area contributed by atoms with Gasteiger partial charge in [-0.05, 0) is 59.5 Å². The van der Waals surface area contributed by atoms with Crippen LogP contribution >= 0.6 is 0 Å². The van der Waals surface area contributed by atoms with Crippen molar-refractivity contribution in [2.24, 2.45) is 23.2 Å². The minimum atomic E-state index is -1.57. The summed E-state index contributed by atoms with van der Waals surface area (Å²) in [5, 5.41) is 23.4. The van der Waals surface area contributed by atoms with E-state index in [4.69, 9.17) is 18.9 Å². The average molecular weight is 469 g/mol. The maximum absolute atomic E-state index is 12.8. The van der Waals surface area contributed by atoms with Crippen molar-refractivity contribution in [1.29, 1.82) is 0 Å². The third-order valence-corrected chi connectivity index (χ3v) is 8.58. The molecule has 0 unspecified atom stereocenters. The Morgan fingerprint density at radius 2 is 1.70 bits per heavy atom. The number of ether oxygens (including phenoxy) is 4. The number of hydrogen-bond acceptors (Lipinski definition) is 7. The van der Waals surface area contributed by atoms with Crippen LogP contribution in [0, 0.1) is 23.2 Å². The maximum atomic E-state index is 12.8. The first-order valence-corrected chi connectivity index (χ1v) is 12.7. The summed E-state index contributed by atoms with van der Waals surface area (Å²) < 4.78 is 24.7. The number of allylic oxidation sites excluding steroid dienone is 1. The molecule has 7 nitrogen and oxygen atoms in total. The van der Waals surface area contributed by atoms with Crippen LogP contribution in [0.25, 0.3) is 0 Å². The van der Waals surface area contributed by atoms with E-state index in [1.807, 2.05) is 40.7 Å². The Balaban J connectivity index is 2.28. The Labute approximate surface area is 198 Å². The van der Waals surface area contributed by atoms with Gasteiger partial charge >= 0.3 is 5.97 Å². The first kappa shape index (κ1) is 26.6. The molecule has 3 rings (SSSR count). The molecule has 1 saturated heterocycles. The molecule has 0 radical (unpaired) electrons. The van der Waals surface area contributed by atoms with E-state index in [9.17, 15) is 15.0 Å². The van der Waals surface area contributed by atoms with Gasteiger partial charge in [0.25, 0.3) is 0 Å². The van der Waals surface area contributed by atoms with E-state index in [0.717, 1.165) is 18.4 Å². The zero-order valence-electron chi connectivity index (χ0n) is 21.4. The molecule has 1 aliphatic heterocycles. The first-order chi connectivity index (χ1) is 15.6. The van der Waals surface area contributed by atoms with Crippen LogP contribution in [0.5, 0.6) is 0 Å². The summed E-state index contributed by atoms with van der Waals surface area (Å²) in [6.45, 7) is 15.2. The topological polar surface area (TPSA) is 94.5 Å². The van der Waals surface area contributed by atoms with Crippen molar-refractivity contribution < 1.29 is 34.0 Å². The highest BCUT2D eigenvalue weighted by atomic mass is 16.6. The molecule has 2 fully saturated rings. The Morgan fingerprint density at radius 1 is 1.09 bits per heavy atom. The van der Waals surface area contributed by atoms with Crippen molar-refractivity contribution in [2.45, 2.75) is 104 Å². The third kappa shape index (κ3) is 4.40. The molecule has 0 spiro atoms. The zero-order chi connectivity index (χ0) is 24.6. The van der Waals surface area contributed by atoms with E-state index < -0.39 is 41.2 Å². The summed E-state index contributed by atoms with van der Waals surface area (Å²) in [7, 11) is 0. The summed E-state index contributed by atoms with van der Waals surface area (Å²) in [4.78, 5) is 12.8. The number of aliphatic hydroxyl groups is 2. The minimum absolute atomic E-state index is 0.168. The highest BCUT2D eigenvalue weighted by molar-refractivity contribution is 5.77. The molecule has 7 heteroatoms. The van der Waals surface area contributed by atoms with Crippen LogP contribution in [-0.4, -0.2) is 72.1 Å². The van der Waals surface area contributed by atoms with Crippen molar-refractivity contribution in [3.63, 3.8) is 0 Å². The molecule has 190 valence electrons. The molecule has 3 aliphatic rings. The Hall–Kier alpha value is -0.990. The maximum Gasteiger partial charge on any atom is 0.312 e. The van der Waals surface area contributed by atoms with Crippen LogP contribution in [0.15, 0.2) is 11.6 Å². The van der Waals surface area contributed by atoms with Crippen LogP contribution in [0.1, 0.15) is 67.7 Å². The van der Waals surface area contributed by atoms with E-state index in [1.165, 1.54) is 0 Å². The quantitative estimate of drug-likeness (QED) is 0.456. The number of rotatable bonds is 6. The van der Waals surface area contributed by atoms with Crippen molar-refractivity contribution in [2.75, 3.05) is 19.8 Å². The van der Waals surface area contributed by atoms with Gasteiger partial charge in [0.1, 0.15) is 5.60 Å². The Bertz CT molecular complexity index is 723. The molecule has 0 aromatic rings. The Morgan fingerprint density at radius 3 is 2.30 bits per heavy atom. The van der Waals surface area contributed by atoms with Crippen LogP contribution in [0.4, 0.5) is 0 Å². The van der Waals surface area contributed by atoms with Gasteiger partial charge in [-0.25, -0.2) is 0 Å². The van der Waals surface area contributed by atoms with E-state index >= 15 is 0 Å². The largest absolute Gasteiger partial charge is 0.455 e.